The summed E-state index contributed by atoms with van der Waals surface area (Å²) >= 11 is 5.58. The first kappa shape index (κ1) is 12.4. The summed E-state index contributed by atoms with van der Waals surface area (Å²) < 4.78 is 30.3. The van der Waals surface area contributed by atoms with E-state index in [-0.39, 0.29) is 16.6 Å². The van der Waals surface area contributed by atoms with Crippen molar-refractivity contribution in [2.75, 3.05) is 20.3 Å². The van der Waals surface area contributed by atoms with Crippen molar-refractivity contribution in [3.05, 3.63) is 23.5 Å². The van der Waals surface area contributed by atoms with Crippen LogP contribution in [0.25, 0.3) is 0 Å². The van der Waals surface area contributed by atoms with E-state index in [4.69, 9.17) is 16.3 Å². The van der Waals surface area contributed by atoms with E-state index in [9.17, 15) is 8.42 Å². The number of halogens is 1. The summed E-state index contributed by atoms with van der Waals surface area (Å²) in [6.45, 7) is 0.539. The molecule has 0 unspecified atom stereocenters. The summed E-state index contributed by atoms with van der Waals surface area (Å²) in [5.74, 6) is 0. The van der Waals surface area contributed by atoms with E-state index in [2.05, 4.69) is 9.71 Å². The summed E-state index contributed by atoms with van der Waals surface area (Å²) in [5.41, 5.74) is 0. The van der Waals surface area contributed by atoms with Crippen LogP contribution in [0.2, 0.25) is 5.15 Å². The maximum atomic E-state index is 11.6. The number of hydrogen-bond donors (Lipinski definition) is 1. The SMILES string of the molecule is COCCNS(=O)(=O)c1ccnc(Cl)c1. The Kier molecular flexibility index (Phi) is 4.46. The lowest BCUT2D eigenvalue weighted by atomic mass is 10.5. The first-order chi connectivity index (χ1) is 7.06. The Labute approximate surface area is 93.5 Å². The predicted molar refractivity (Wildman–Crippen MR) is 56.3 cm³/mol. The molecule has 0 amide bonds. The zero-order valence-electron chi connectivity index (χ0n) is 8.10. The van der Waals surface area contributed by atoms with E-state index >= 15 is 0 Å². The highest BCUT2D eigenvalue weighted by molar-refractivity contribution is 7.89. The third-order valence-electron chi connectivity index (χ3n) is 1.61. The van der Waals surface area contributed by atoms with Crippen LogP contribution in [0.4, 0.5) is 0 Å². The lowest BCUT2D eigenvalue weighted by Gasteiger charge is -2.05. The van der Waals surface area contributed by atoms with E-state index in [0.29, 0.717) is 6.61 Å². The molecule has 0 spiro atoms. The second kappa shape index (κ2) is 5.41. The molecule has 0 bridgehead atoms. The lowest BCUT2D eigenvalue weighted by molar-refractivity contribution is 0.204. The fourth-order valence-corrected chi connectivity index (χ4v) is 2.18. The topological polar surface area (TPSA) is 68.3 Å². The van der Waals surface area contributed by atoms with Crippen molar-refractivity contribution in [1.29, 1.82) is 0 Å². The summed E-state index contributed by atoms with van der Waals surface area (Å²) in [6.07, 6.45) is 1.34. The van der Waals surface area contributed by atoms with Gasteiger partial charge in [-0.1, -0.05) is 11.6 Å². The third kappa shape index (κ3) is 3.75. The van der Waals surface area contributed by atoms with Crippen LogP contribution in [0.3, 0.4) is 0 Å². The van der Waals surface area contributed by atoms with Gasteiger partial charge in [0.2, 0.25) is 10.0 Å². The van der Waals surface area contributed by atoms with Crippen LogP contribution in [0.5, 0.6) is 0 Å². The molecule has 5 nitrogen and oxygen atoms in total. The number of rotatable bonds is 5. The van der Waals surface area contributed by atoms with Crippen molar-refractivity contribution in [2.45, 2.75) is 4.90 Å². The Hall–Kier alpha value is -0.690. The molecule has 0 aliphatic heterocycles. The molecule has 1 rings (SSSR count). The average Bonchev–Trinajstić information content (AvgIpc) is 2.18. The average molecular weight is 251 g/mol. The number of nitrogens with zero attached hydrogens (tertiary/aromatic N) is 1. The van der Waals surface area contributed by atoms with Gasteiger partial charge >= 0.3 is 0 Å². The fourth-order valence-electron chi connectivity index (χ4n) is 0.913. The second-order valence-electron chi connectivity index (χ2n) is 2.70. The van der Waals surface area contributed by atoms with E-state index in [1.807, 2.05) is 0 Å². The van der Waals surface area contributed by atoms with Crippen LogP contribution < -0.4 is 4.72 Å². The van der Waals surface area contributed by atoms with Gasteiger partial charge in [0.1, 0.15) is 5.15 Å². The van der Waals surface area contributed by atoms with Gasteiger partial charge in [-0.2, -0.15) is 0 Å². The van der Waals surface area contributed by atoms with Gasteiger partial charge in [0.15, 0.2) is 0 Å². The standard InChI is InChI=1S/C8H11ClN2O3S/c1-14-5-4-11-15(12,13)7-2-3-10-8(9)6-7/h2-3,6,11H,4-5H2,1H3. The minimum absolute atomic E-state index is 0.0959. The van der Waals surface area contributed by atoms with Gasteiger partial charge < -0.3 is 4.74 Å². The Bertz CT molecular complexity index is 422. The molecule has 0 saturated heterocycles. The first-order valence-electron chi connectivity index (χ1n) is 4.16. The molecule has 0 aliphatic carbocycles. The molecule has 1 aromatic rings. The highest BCUT2D eigenvalue weighted by Gasteiger charge is 2.13. The Morgan fingerprint density at radius 1 is 1.60 bits per heavy atom. The maximum Gasteiger partial charge on any atom is 0.240 e. The molecule has 0 aliphatic rings. The van der Waals surface area contributed by atoms with Crippen molar-refractivity contribution >= 4 is 21.6 Å². The number of aromatic nitrogens is 1. The molecule has 0 aromatic carbocycles. The summed E-state index contributed by atoms with van der Waals surface area (Å²) in [6, 6.07) is 2.66. The van der Waals surface area contributed by atoms with Crippen molar-refractivity contribution in [3.8, 4) is 0 Å². The molecule has 84 valence electrons. The molecule has 0 atom stereocenters. The number of hydrogen-bond acceptors (Lipinski definition) is 4. The van der Waals surface area contributed by atoms with Crippen molar-refractivity contribution in [1.82, 2.24) is 9.71 Å². The van der Waals surface area contributed by atoms with Crippen LogP contribution >= 0.6 is 11.6 Å². The zero-order chi connectivity index (χ0) is 11.3. The van der Waals surface area contributed by atoms with Gasteiger partial charge in [-0.15, -0.1) is 0 Å². The summed E-state index contributed by atoms with van der Waals surface area (Å²) in [7, 11) is -2.01. The summed E-state index contributed by atoms with van der Waals surface area (Å²) in [4.78, 5) is 3.79. The van der Waals surface area contributed by atoms with Crippen molar-refractivity contribution in [3.63, 3.8) is 0 Å². The minimum Gasteiger partial charge on any atom is -0.383 e. The van der Waals surface area contributed by atoms with E-state index < -0.39 is 10.0 Å². The molecule has 1 aromatic heterocycles. The molecule has 7 heteroatoms. The van der Waals surface area contributed by atoms with Gasteiger partial charge in [0, 0.05) is 19.9 Å². The molecule has 0 saturated carbocycles. The second-order valence-corrected chi connectivity index (χ2v) is 4.86. The quantitative estimate of drug-likeness (QED) is 0.616. The molecule has 1 heterocycles. The largest absolute Gasteiger partial charge is 0.383 e. The fraction of sp³-hybridized carbons (Fsp3) is 0.375. The van der Waals surface area contributed by atoms with Gasteiger partial charge in [-0.25, -0.2) is 18.1 Å². The van der Waals surface area contributed by atoms with Gasteiger partial charge in [0.25, 0.3) is 0 Å². The smallest absolute Gasteiger partial charge is 0.240 e. The molecular formula is C8H11ClN2O3S. The number of sulfonamides is 1. The molecule has 1 N–H and O–H groups in total. The van der Waals surface area contributed by atoms with E-state index in [0.717, 1.165) is 0 Å². The molecular weight excluding hydrogens is 240 g/mol. The van der Waals surface area contributed by atoms with E-state index in [1.165, 1.54) is 25.4 Å². The van der Waals surface area contributed by atoms with Crippen LogP contribution in [-0.4, -0.2) is 33.7 Å². The Morgan fingerprint density at radius 2 is 2.33 bits per heavy atom. The number of ether oxygens (including phenoxy) is 1. The minimum atomic E-state index is -3.51. The maximum absolute atomic E-state index is 11.6. The van der Waals surface area contributed by atoms with Crippen LogP contribution in [-0.2, 0) is 14.8 Å². The van der Waals surface area contributed by atoms with Gasteiger partial charge in [-0.05, 0) is 12.1 Å². The Balaban J connectivity index is 2.77. The van der Waals surface area contributed by atoms with Gasteiger partial charge in [-0.3, -0.25) is 0 Å². The highest BCUT2D eigenvalue weighted by Crippen LogP contribution is 2.12. The number of methoxy groups -OCH3 is 1. The van der Waals surface area contributed by atoms with Crippen molar-refractivity contribution in [2.24, 2.45) is 0 Å². The lowest BCUT2D eigenvalue weighted by Crippen LogP contribution is -2.27. The molecule has 0 radical (unpaired) electrons. The Morgan fingerprint density at radius 3 is 2.93 bits per heavy atom. The number of nitrogens with one attached hydrogen (secondary N) is 1. The third-order valence-corrected chi connectivity index (χ3v) is 3.27. The molecule has 15 heavy (non-hydrogen) atoms. The normalized spacial score (nSPS) is 11.6. The van der Waals surface area contributed by atoms with Crippen LogP contribution in [0, 0.1) is 0 Å². The van der Waals surface area contributed by atoms with Crippen LogP contribution in [0.1, 0.15) is 0 Å². The summed E-state index contributed by atoms with van der Waals surface area (Å²) in [5, 5.41) is 0.143. The van der Waals surface area contributed by atoms with Crippen LogP contribution in [0.15, 0.2) is 23.2 Å². The first-order valence-corrected chi connectivity index (χ1v) is 6.02. The zero-order valence-corrected chi connectivity index (χ0v) is 9.68. The van der Waals surface area contributed by atoms with Crippen molar-refractivity contribution < 1.29 is 13.2 Å². The van der Waals surface area contributed by atoms with Gasteiger partial charge in [0.05, 0.1) is 11.5 Å². The monoisotopic (exact) mass is 250 g/mol. The number of pyridine rings is 1. The van der Waals surface area contributed by atoms with E-state index in [1.54, 1.807) is 0 Å². The predicted octanol–water partition coefficient (Wildman–Crippen LogP) is 0.660. The highest BCUT2D eigenvalue weighted by atomic mass is 35.5. The molecule has 0 fully saturated rings.